The summed E-state index contributed by atoms with van der Waals surface area (Å²) in [6.07, 6.45) is 0.722. The molecule has 0 aromatic heterocycles. The lowest BCUT2D eigenvalue weighted by atomic mass is 9.53. The number of carbonyl (C=O) groups is 3. The first-order chi connectivity index (χ1) is 8.11. The lowest BCUT2D eigenvalue weighted by molar-refractivity contribution is -0.174. The van der Waals surface area contributed by atoms with Crippen molar-refractivity contribution in [1.29, 1.82) is 0 Å². The van der Waals surface area contributed by atoms with Crippen LogP contribution in [-0.4, -0.2) is 28.9 Å². The van der Waals surface area contributed by atoms with E-state index in [1.165, 1.54) is 0 Å². The van der Waals surface area contributed by atoms with Gasteiger partial charge < -0.3 is 16.2 Å². The lowest BCUT2D eigenvalue weighted by Gasteiger charge is -2.52. The van der Waals surface area contributed by atoms with Crippen LogP contribution in [0.5, 0.6) is 0 Å². The molecule has 0 radical (unpaired) electrons. The number of hydrogen-bond donors (Lipinski definition) is 3. The summed E-state index contributed by atoms with van der Waals surface area (Å²) in [6.45, 7) is 5.23. The van der Waals surface area contributed by atoms with Crippen molar-refractivity contribution in [3.63, 3.8) is 0 Å². The van der Waals surface area contributed by atoms with Gasteiger partial charge in [0.2, 0.25) is 11.8 Å². The zero-order chi connectivity index (χ0) is 13.9. The molecule has 100 valence electrons. The highest BCUT2D eigenvalue weighted by Gasteiger charge is 2.74. The smallest absolute Gasteiger partial charge is 0.312 e. The second kappa shape index (κ2) is 3.24. The fraction of sp³-hybridized carbons (Fsp3) is 0.750. The van der Waals surface area contributed by atoms with Gasteiger partial charge in [-0.25, -0.2) is 0 Å². The Morgan fingerprint density at radius 2 is 1.89 bits per heavy atom. The third-order valence-corrected chi connectivity index (χ3v) is 5.45. The number of carboxylic acid groups (broad SMARTS) is 1. The van der Waals surface area contributed by atoms with Gasteiger partial charge in [0.15, 0.2) is 0 Å². The van der Waals surface area contributed by atoms with E-state index in [9.17, 15) is 19.5 Å². The molecule has 2 amide bonds. The monoisotopic (exact) mass is 254 g/mol. The maximum absolute atomic E-state index is 12.2. The number of hydrogen-bond acceptors (Lipinski definition) is 3. The normalized spacial score (nSPS) is 41.3. The van der Waals surface area contributed by atoms with Crippen LogP contribution in [0, 0.1) is 16.2 Å². The van der Waals surface area contributed by atoms with Crippen LogP contribution in [-0.2, 0) is 14.4 Å². The number of nitrogens with two attached hydrogens (primary N) is 1. The number of nitrogens with one attached hydrogen (secondary N) is 1. The summed E-state index contributed by atoms with van der Waals surface area (Å²) in [4.78, 5) is 35.4. The predicted molar refractivity (Wildman–Crippen MR) is 62.3 cm³/mol. The molecule has 1 saturated heterocycles. The van der Waals surface area contributed by atoms with Crippen molar-refractivity contribution in [2.45, 2.75) is 39.7 Å². The van der Waals surface area contributed by atoms with E-state index in [-0.39, 0.29) is 12.3 Å². The SMILES string of the molecule is CC12CCC(C(=O)O)(C(C(N)=O)NC1=O)C2(C)C. The number of carboxylic acids is 1. The minimum absolute atomic E-state index is 0.276. The molecule has 0 aromatic rings. The van der Waals surface area contributed by atoms with Gasteiger partial charge in [-0.3, -0.25) is 14.4 Å². The zero-order valence-electron chi connectivity index (χ0n) is 10.7. The van der Waals surface area contributed by atoms with E-state index in [4.69, 9.17) is 5.73 Å². The summed E-state index contributed by atoms with van der Waals surface area (Å²) in [5, 5.41) is 12.1. The van der Waals surface area contributed by atoms with Crippen LogP contribution >= 0.6 is 0 Å². The van der Waals surface area contributed by atoms with Crippen molar-refractivity contribution < 1.29 is 19.5 Å². The Hall–Kier alpha value is -1.59. The van der Waals surface area contributed by atoms with Crippen LogP contribution in [0.25, 0.3) is 0 Å². The quantitative estimate of drug-likeness (QED) is 0.637. The van der Waals surface area contributed by atoms with Gasteiger partial charge in [-0.2, -0.15) is 0 Å². The van der Waals surface area contributed by atoms with Crippen LogP contribution < -0.4 is 11.1 Å². The Kier molecular flexibility index (Phi) is 2.32. The second-order valence-electron chi connectivity index (χ2n) is 6.04. The minimum atomic E-state index is -1.32. The molecule has 2 fully saturated rings. The van der Waals surface area contributed by atoms with Gasteiger partial charge in [-0.15, -0.1) is 0 Å². The fourth-order valence-electron chi connectivity index (χ4n) is 3.69. The molecular weight excluding hydrogens is 236 g/mol. The number of amides is 2. The third-order valence-electron chi connectivity index (χ3n) is 5.45. The lowest BCUT2D eigenvalue weighted by Crippen LogP contribution is -2.70. The van der Waals surface area contributed by atoms with Crippen molar-refractivity contribution in [3.05, 3.63) is 0 Å². The molecule has 6 nitrogen and oxygen atoms in total. The second-order valence-corrected chi connectivity index (χ2v) is 6.04. The maximum atomic E-state index is 12.2. The van der Waals surface area contributed by atoms with Crippen molar-refractivity contribution in [3.8, 4) is 0 Å². The maximum Gasteiger partial charge on any atom is 0.312 e. The Bertz CT molecular complexity index is 459. The van der Waals surface area contributed by atoms with Crippen molar-refractivity contribution in [2.24, 2.45) is 22.0 Å². The number of carbonyl (C=O) groups excluding carboxylic acids is 2. The van der Waals surface area contributed by atoms with E-state index >= 15 is 0 Å². The molecular formula is C12H18N2O4. The molecule has 0 spiro atoms. The predicted octanol–water partition coefficient (Wildman–Crippen LogP) is -0.133. The number of rotatable bonds is 2. The molecule has 3 unspecified atom stereocenters. The average Bonchev–Trinajstić information content (AvgIpc) is 2.39. The highest BCUT2D eigenvalue weighted by molar-refractivity contribution is 5.99. The number of aliphatic carboxylic acids is 1. The third kappa shape index (κ3) is 1.06. The summed E-state index contributed by atoms with van der Waals surface area (Å²) >= 11 is 0. The van der Waals surface area contributed by atoms with Gasteiger partial charge in [0.05, 0.1) is 5.41 Å². The van der Waals surface area contributed by atoms with Gasteiger partial charge in [0.1, 0.15) is 11.5 Å². The topological polar surface area (TPSA) is 109 Å². The van der Waals surface area contributed by atoms with E-state index in [1.807, 2.05) is 0 Å². The van der Waals surface area contributed by atoms with E-state index in [1.54, 1.807) is 20.8 Å². The summed E-state index contributed by atoms with van der Waals surface area (Å²) in [5.74, 6) is -2.14. The first-order valence-corrected chi connectivity index (χ1v) is 5.95. The summed E-state index contributed by atoms with van der Waals surface area (Å²) in [5.41, 5.74) is 2.36. The van der Waals surface area contributed by atoms with Gasteiger partial charge in [-0.05, 0) is 18.3 Å². The Morgan fingerprint density at radius 3 is 2.33 bits per heavy atom. The molecule has 18 heavy (non-hydrogen) atoms. The van der Waals surface area contributed by atoms with E-state index < -0.39 is 34.2 Å². The highest BCUT2D eigenvalue weighted by Crippen LogP contribution is 2.66. The Morgan fingerprint density at radius 1 is 1.33 bits per heavy atom. The van der Waals surface area contributed by atoms with Gasteiger partial charge in [0, 0.05) is 0 Å². The number of piperidine rings is 1. The van der Waals surface area contributed by atoms with E-state index in [2.05, 4.69) is 5.32 Å². The highest BCUT2D eigenvalue weighted by atomic mass is 16.4. The van der Waals surface area contributed by atoms with Crippen LogP contribution in [0.15, 0.2) is 0 Å². The molecule has 1 saturated carbocycles. The van der Waals surface area contributed by atoms with Gasteiger partial charge in [-0.1, -0.05) is 20.8 Å². The van der Waals surface area contributed by atoms with E-state index in [0.717, 1.165) is 0 Å². The molecule has 6 heteroatoms. The molecule has 1 heterocycles. The van der Waals surface area contributed by atoms with Crippen LogP contribution in [0.1, 0.15) is 33.6 Å². The standard InChI is InChI=1S/C12H18N2O4/c1-10(2)11(3)4-5-12(10,9(17)18)6(7(13)15)14-8(11)16/h6H,4-5H2,1-3H3,(H2,13,15)(H,14,16)(H,17,18). The molecule has 4 N–H and O–H groups in total. The zero-order valence-corrected chi connectivity index (χ0v) is 10.7. The largest absolute Gasteiger partial charge is 0.481 e. The molecule has 3 atom stereocenters. The van der Waals surface area contributed by atoms with Gasteiger partial charge >= 0.3 is 5.97 Å². The summed E-state index contributed by atoms with van der Waals surface area (Å²) < 4.78 is 0. The molecule has 0 aromatic carbocycles. The van der Waals surface area contributed by atoms with Crippen molar-refractivity contribution in [2.75, 3.05) is 0 Å². The van der Waals surface area contributed by atoms with Crippen LogP contribution in [0.4, 0.5) is 0 Å². The molecule has 2 aliphatic rings. The van der Waals surface area contributed by atoms with Crippen molar-refractivity contribution >= 4 is 17.8 Å². The molecule has 2 rings (SSSR count). The molecule has 1 aliphatic carbocycles. The Balaban J connectivity index is 2.68. The van der Waals surface area contributed by atoms with E-state index in [0.29, 0.717) is 6.42 Å². The number of fused-ring (bicyclic) bond motifs is 2. The van der Waals surface area contributed by atoms with Crippen LogP contribution in [0.3, 0.4) is 0 Å². The molecule has 2 bridgehead atoms. The van der Waals surface area contributed by atoms with Crippen molar-refractivity contribution in [1.82, 2.24) is 5.32 Å². The molecule has 1 aliphatic heterocycles. The first-order valence-electron chi connectivity index (χ1n) is 5.95. The number of primary amides is 1. The summed E-state index contributed by atoms with van der Waals surface area (Å²) in [6, 6.07) is -1.15. The Labute approximate surface area is 105 Å². The van der Waals surface area contributed by atoms with Gasteiger partial charge in [0.25, 0.3) is 0 Å². The average molecular weight is 254 g/mol. The summed E-state index contributed by atoms with van der Waals surface area (Å²) in [7, 11) is 0. The minimum Gasteiger partial charge on any atom is -0.481 e. The fourth-order valence-corrected chi connectivity index (χ4v) is 3.69. The van der Waals surface area contributed by atoms with Crippen LogP contribution in [0.2, 0.25) is 0 Å². The first kappa shape index (κ1) is 12.9.